The Kier molecular flexibility index (Phi) is 39.9. The fourth-order valence-electron chi connectivity index (χ4n) is 0.0891. The van der Waals surface area contributed by atoms with E-state index in [-0.39, 0.29) is 70.1 Å². The monoisotopic (exact) mass is 392 g/mol. The first-order valence-corrected chi connectivity index (χ1v) is 7.03. The Morgan fingerprint density at radius 3 is 1.14 bits per heavy atom. The van der Waals surface area contributed by atoms with Crippen LogP contribution in [0.3, 0.4) is 0 Å². The molecule has 0 aromatic heterocycles. The Balaban J connectivity index is -0.0000000625. The maximum absolute atomic E-state index is 9.42. The third-order valence-corrected chi connectivity index (χ3v) is 2.41. The number of hydrogen-bond acceptors (Lipinski definition) is 6. The van der Waals surface area contributed by atoms with Crippen LogP contribution < -0.4 is 68.9 Å². The van der Waals surface area contributed by atoms with Gasteiger partial charge in [0.1, 0.15) is 27.5 Å². The smallest absolute Gasteiger partial charge is 0.781 e. The molecule has 0 aliphatic carbocycles. The van der Waals surface area contributed by atoms with Gasteiger partial charge in [-0.3, -0.25) is 0 Å². The summed E-state index contributed by atoms with van der Waals surface area (Å²) >= 11 is 5.51. The van der Waals surface area contributed by atoms with Gasteiger partial charge in [0.05, 0.1) is 0 Å². The molecule has 0 bridgehead atoms. The van der Waals surface area contributed by atoms with Crippen LogP contribution in [0.4, 0.5) is 0 Å². The van der Waals surface area contributed by atoms with Gasteiger partial charge in [-0.15, -0.1) is 0 Å². The van der Waals surface area contributed by atoms with Crippen molar-refractivity contribution >= 4 is 48.4 Å². The Bertz CT molecular complexity index is 134. The van der Waals surface area contributed by atoms with Gasteiger partial charge in [-0.05, 0) is 0 Å². The van der Waals surface area contributed by atoms with Gasteiger partial charge < -0.3 is 28.0 Å². The second kappa shape index (κ2) is 21.5. The fraction of sp³-hybridized carbons (Fsp3) is 1.00. The molecule has 0 fully saturated rings. The molecule has 0 radical (unpaired) electrons. The van der Waals surface area contributed by atoms with Crippen molar-refractivity contribution in [2.24, 2.45) is 0 Å². The van der Waals surface area contributed by atoms with Crippen molar-refractivity contribution in [2.75, 3.05) is 11.0 Å². The molecule has 0 amide bonds. The predicted molar refractivity (Wildman–Crippen MR) is 47.8 cm³/mol. The minimum Gasteiger partial charge on any atom is -0.781 e. The molecule has 0 heterocycles. The van der Waals surface area contributed by atoms with E-state index >= 15 is 0 Å². The quantitative estimate of drug-likeness (QED) is 0.268. The van der Waals surface area contributed by atoms with Crippen molar-refractivity contribution in [1.29, 1.82) is 0 Å². The van der Waals surface area contributed by atoms with Crippen molar-refractivity contribution in [3.8, 4) is 0 Å². The average molecular weight is 394 g/mol. The summed E-state index contributed by atoms with van der Waals surface area (Å²) in [6.45, 7) is 0. The second-order valence-electron chi connectivity index (χ2n) is 1.01. The standard InChI is InChI=1S/2CH4BrO3P.2Na/c2*2-1-5-6(3)4;;/h2*6H,1H2,(H,3,4);;/q;;2*+1/p-2. The molecular weight excluding hydrogens is 388 g/mol. The molecule has 0 saturated heterocycles. The van der Waals surface area contributed by atoms with Crippen molar-refractivity contribution in [1.82, 2.24) is 0 Å². The normalized spacial score (nSPS) is 12.3. The van der Waals surface area contributed by atoms with Crippen LogP contribution in [0.2, 0.25) is 0 Å². The molecule has 6 nitrogen and oxygen atoms in total. The van der Waals surface area contributed by atoms with Gasteiger partial charge >= 0.3 is 59.1 Å². The van der Waals surface area contributed by atoms with E-state index in [4.69, 9.17) is 0 Å². The largest absolute Gasteiger partial charge is 1.00 e. The molecule has 0 aromatic rings. The van der Waals surface area contributed by atoms with Crippen LogP contribution >= 0.6 is 48.4 Å². The maximum atomic E-state index is 9.42. The van der Waals surface area contributed by atoms with E-state index in [0.717, 1.165) is 0 Å². The zero-order valence-corrected chi connectivity index (χ0v) is 16.8. The summed E-state index contributed by atoms with van der Waals surface area (Å²) < 4.78 is 26.7. The van der Waals surface area contributed by atoms with Crippen molar-refractivity contribution in [3.63, 3.8) is 0 Å². The molecule has 0 rings (SSSR count). The Morgan fingerprint density at radius 2 is 1.14 bits per heavy atom. The van der Waals surface area contributed by atoms with E-state index in [1.165, 1.54) is 0 Å². The van der Waals surface area contributed by atoms with E-state index in [1.54, 1.807) is 0 Å². The fourth-order valence-corrected chi connectivity index (χ4v) is 1.39. The third-order valence-electron chi connectivity index (χ3n) is 0.345. The zero-order chi connectivity index (χ0) is 9.98. The van der Waals surface area contributed by atoms with E-state index in [2.05, 4.69) is 40.9 Å². The minimum absolute atomic E-state index is 0. The van der Waals surface area contributed by atoms with Gasteiger partial charge in [-0.1, -0.05) is 31.9 Å². The minimum atomic E-state index is -2.93. The van der Waals surface area contributed by atoms with Crippen LogP contribution in [0, 0.1) is 0 Å². The zero-order valence-electron chi connectivity index (χ0n) is 7.62. The van der Waals surface area contributed by atoms with Crippen LogP contribution in [0.15, 0.2) is 0 Å². The summed E-state index contributed by atoms with van der Waals surface area (Å²) in [4.78, 5) is 18.8. The number of hydrogen-bond donors (Lipinski definition) is 0. The van der Waals surface area contributed by atoms with Gasteiger partial charge in [-0.2, -0.15) is 0 Å². The first kappa shape index (κ1) is 26.0. The summed E-state index contributed by atoms with van der Waals surface area (Å²) in [6.07, 6.45) is 0. The van der Waals surface area contributed by atoms with Crippen molar-refractivity contribution < 1.29 is 87.1 Å². The van der Waals surface area contributed by atoms with E-state index in [0.29, 0.717) is 0 Å². The molecule has 0 spiro atoms. The molecule has 12 heteroatoms. The number of halogens is 2. The predicted octanol–water partition coefficient (Wildman–Crippen LogP) is -5.78. The molecule has 0 N–H and O–H groups in total. The molecule has 2 unspecified atom stereocenters. The van der Waals surface area contributed by atoms with E-state index in [1.807, 2.05) is 0 Å². The van der Waals surface area contributed by atoms with Gasteiger partial charge in [0.25, 0.3) is 0 Å². The number of rotatable bonds is 4. The van der Waals surface area contributed by atoms with Gasteiger partial charge in [0.15, 0.2) is 0 Å². The van der Waals surface area contributed by atoms with Crippen LogP contribution in [-0.4, -0.2) is 11.0 Å². The Hall–Kier alpha value is 3.26. The summed E-state index contributed by atoms with van der Waals surface area (Å²) in [5.41, 5.74) is 0.128. The van der Waals surface area contributed by atoms with Gasteiger partial charge in [0.2, 0.25) is 0 Å². The molecule has 76 valence electrons. The van der Waals surface area contributed by atoms with Gasteiger partial charge in [-0.25, -0.2) is 0 Å². The van der Waals surface area contributed by atoms with Crippen LogP contribution in [-0.2, 0) is 18.2 Å². The summed E-state index contributed by atoms with van der Waals surface area (Å²) in [7, 11) is -5.86. The summed E-state index contributed by atoms with van der Waals surface area (Å²) in [5, 5.41) is 0. The van der Waals surface area contributed by atoms with Crippen LogP contribution in [0.5, 0.6) is 0 Å². The van der Waals surface area contributed by atoms with E-state index in [9.17, 15) is 18.9 Å². The molecule has 0 aliphatic rings. The maximum Gasteiger partial charge on any atom is 1.00 e. The van der Waals surface area contributed by atoms with Crippen LogP contribution in [0.25, 0.3) is 0 Å². The molecule has 14 heavy (non-hydrogen) atoms. The first-order valence-electron chi connectivity index (χ1n) is 2.34. The SMILES string of the molecule is O=[PH]([O-])OCBr.O=[PH]([O-])OCBr.[Na+].[Na+]. The molecule has 2 atom stereocenters. The molecule has 0 saturated carbocycles. The Morgan fingerprint density at radius 1 is 0.929 bits per heavy atom. The molecule has 0 aliphatic heterocycles. The topological polar surface area (TPSA) is 98.7 Å². The first-order chi connectivity index (χ1) is 5.54. The molecular formula is C2H6Br2Na2O6P2. The van der Waals surface area contributed by atoms with Crippen molar-refractivity contribution in [3.05, 3.63) is 0 Å². The van der Waals surface area contributed by atoms with Gasteiger partial charge in [0, 0.05) is 0 Å². The Labute approximate surface area is 144 Å². The molecule has 0 aromatic carbocycles. The summed E-state index contributed by atoms with van der Waals surface area (Å²) in [6, 6.07) is 0. The van der Waals surface area contributed by atoms with Crippen molar-refractivity contribution in [2.45, 2.75) is 0 Å². The third kappa shape index (κ3) is 36.2. The second-order valence-corrected chi connectivity index (χ2v) is 3.50. The van der Waals surface area contributed by atoms with Crippen LogP contribution in [0.1, 0.15) is 0 Å². The average Bonchev–Trinajstić information content (AvgIpc) is 1.87. The number of alkyl halides is 2. The van der Waals surface area contributed by atoms with E-state index < -0.39 is 16.5 Å². The summed E-state index contributed by atoms with van der Waals surface area (Å²) in [5.74, 6) is 0.